The third kappa shape index (κ3) is 4.04. The maximum atomic E-state index is 12.6. The van der Waals surface area contributed by atoms with Crippen molar-refractivity contribution in [3.05, 3.63) is 28.8 Å². The second-order valence-electron chi connectivity index (χ2n) is 4.79. The van der Waals surface area contributed by atoms with Crippen molar-refractivity contribution in [2.45, 2.75) is 18.4 Å². The summed E-state index contributed by atoms with van der Waals surface area (Å²) in [5, 5.41) is 3.69. The molecule has 0 atom stereocenters. The summed E-state index contributed by atoms with van der Waals surface area (Å²) in [4.78, 5) is 0.243. The highest BCUT2D eigenvalue weighted by Crippen LogP contribution is 2.23. The molecule has 5 nitrogen and oxygen atoms in total. The number of hydrogen-bond acceptors (Lipinski definition) is 4. The van der Waals surface area contributed by atoms with Gasteiger partial charge in [-0.2, -0.15) is 4.31 Å². The van der Waals surface area contributed by atoms with Crippen molar-refractivity contribution in [1.29, 1.82) is 0 Å². The van der Waals surface area contributed by atoms with Gasteiger partial charge in [0.05, 0.1) is 4.90 Å². The number of nitrogens with zero attached hydrogens (tertiary/aromatic N) is 1. The largest absolute Gasteiger partial charge is 0.313 e. The molecule has 1 aromatic rings. The van der Waals surface area contributed by atoms with Crippen LogP contribution in [0.2, 0.25) is 5.02 Å². The Bertz CT molecular complexity index is 624. The first-order valence-corrected chi connectivity index (χ1v) is 10.1. The molecular formula is C13H19ClN2O3S2. The van der Waals surface area contributed by atoms with Gasteiger partial charge in [-0.15, -0.1) is 0 Å². The fourth-order valence-electron chi connectivity index (χ4n) is 2.12. The van der Waals surface area contributed by atoms with Crippen LogP contribution in [-0.4, -0.2) is 48.1 Å². The average Bonchev–Trinajstić information content (AvgIpc) is 2.46. The third-order valence-corrected chi connectivity index (χ3v) is 6.90. The van der Waals surface area contributed by atoms with Gasteiger partial charge in [-0.3, -0.25) is 4.21 Å². The molecule has 1 N–H and O–H groups in total. The second kappa shape index (κ2) is 7.19. The van der Waals surface area contributed by atoms with Crippen LogP contribution in [-0.2, 0) is 27.4 Å². The molecule has 21 heavy (non-hydrogen) atoms. The Kier molecular flexibility index (Phi) is 5.79. The lowest BCUT2D eigenvalue weighted by Crippen LogP contribution is -2.41. The van der Waals surface area contributed by atoms with E-state index < -0.39 is 20.8 Å². The highest BCUT2D eigenvalue weighted by molar-refractivity contribution is 7.89. The Morgan fingerprint density at radius 2 is 2.00 bits per heavy atom. The third-order valence-electron chi connectivity index (χ3n) is 3.36. The van der Waals surface area contributed by atoms with Crippen LogP contribution in [0, 0.1) is 0 Å². The van der Waals surface area contributed by atoms with Gasteiger partial charge in [0, 0.05) is 47.0 Å². The van der Waals surface area contributed by atoms with E-state index >= 15 is 0 Å². The van der Waals surface area contributed by atoms with Crippen LogP contribution in [0.15, 0.2) is 23.1 Å². The lowest BCUT2D eigenvalue weighted by molar-refractivity contribution is 0.438. The fourth-order valence-corrected chi connectivity index (χ4v) is 5.08. The Balaban J connectivity index is 2.25. The molecule has 0 unspecified atom stereocenters. The highest BCUT2D eigenvalue weighted by atomic mass is 35.5. The molecule has 2 rings (SSSR count). The minimum Gasteiger partial charge on any atom is -0.313 e. The Morgan fingerprint density at radius 1 is 1.33 bits per heavy atom. The maximum absolute atomic E-state index is 12.6. The SMILES string of the molecule is CCNCc1cc(S(=O)(=O)N2CCS(=O)CC2)ccc1Cl. The smallest absolute Gasteiger partial charge is 0.243 e. The highest BCUT2D eigenvalue weighted by Gasteiger charge is 2.28. The zero-order chi connectivity index (χ0) is 15.5. The number of sulfonamides is 1. The number of nitrogens with one attached hydrogen (secondary N) is 1. The zero-order valence-electron chi connectivity index (χ0n) is 11.8. The molecule has 0 spiro atoms. The molecule has 0 bridgehead atoms. The van der Waals surface area contributed by atoms with Crippen LogP contribution in [0.1, 0.15) is 12.5 Å². The van der Waals surface area contributed by atoms with E-state index in [4.69, 9.17) is 11.6 Å². The van der Waals surface area contributed by atoms with E-state index in [0.717, 1.165) is 12.1 Å². The number of benzene rings is 1. The first-order valence-electron chi connectivity index (χ1n) is 6.79. The minimum absolute atomic E-state index is 0.243. The van der Waals surface area contributed by atoms with Crippen LogP contribution >= 0.6 is 11.6 Å². The van der Waals surface area contributed by atoms with E-state index in [2.05, 4.69) is 5.32 Å². The van der Waals surface area contributed by atoms with Gasteiger partial charge in [0.15, 0.2) is 0 Å². The van der Waals surface area contributed by atoms with Gasteiger partial charge in [0.25, 0.3) is 0 Å². The van der Waals surface area contributed by atoms with Crippen LogP contribution in [0.25, 0.3) is 0 Å². The predicted octanol–water partition coefficient (Wildman–Crippen LogP) is 1.20. The van der Waals surface area contributed by atoms with Gasteiger partial charge in [0.1, 0.15) is 0 Å². The van der Waals surface area contributed by atoms with E-state index in [1.165, 1.54) is 10.4 Å². The van der Waals surface area contributed by atoms with Crippen molar-refractivity contribution in [3.63, 3.8) is 0 Å². The molecule has 1 heterocycles. The van der Waals surface area contributed by atoms with Crippen molar-refractivity contribution >= 4 is 32.4 Å². The number of rotatable bonds is 5. The summed E-state index contributed by atoms with van der Waals surface area (Å²) in [6.07, 6.45) is 0. The predicted molar refractivity (Wildman–Crippen MR) is 85.5 cm³/mol. The summed E-state index contributed by atoms with van der Waals surface area (Å²) in [6, 6.07) is 4.76. The van der Waals surface area contributed by atoms with Gasteiger partial charge in [0.2, 0.25) is 10.0 Å². The van der Waals surface area contributed by atoms with Crippen LogP contribution in [0.5, 0.6) is 0 Å². The van der Waals surface area contributed by atoms with E-state index in [1.54, 1.807) is 12.1 Å². The average molecular weight is 351 g/mol. The van der Waals surface area contributed by atoms with Crippen molar-refractivity contribution in [3.8, 4) is 0 Å². The quantitative estimate of drug-likeness (QED) is 0.866. The summed E-state index contributed by atoms with van der Waals surface area (Å²) < 4.78 is 37.9. The lowest BCUT2D eigenvalue weighted by atomic mass is 10.2. The standard InChI is InChI=1S/C13H19ClN2O3S2/c1-2-15-10-11-9-12(3-4-13(11)14)21(18,19)16-5-7-20(17)8-6-16/h3-4,9,15H,2,5-8,10H2,1H3. The van der Waals surface area contributed by atoms with E-state index in [9.17, 15) is 12.6 Å². The summed E-state index contributed by atoms with van der Waals surface area (Å²) in [5.41, 5.74) is 0.764. The van der Waals surface area contributed by atoms with E-state index in [0.29, 0.717) is 36.2 Å². The van der Waals surface area contributed by atoms with Gasteiger partial charge in [-0.1, -0.05) is 18.5 Å². The molecule has 0 radical (unpaired) electrons. The molecule has 8 heteroatoms. The van der Waals surface area contributed by atoms with Crippen LogP contribution in [0.4, 0.5) is 0 Å². The van der Waals surface area contributed by atoms with Gasteiger partial charge in [-0.25, -0.2) is 8.42 Å². The first kappa shape index (κ1) is 16.9. The second-order valence-corrected chi connectivity index (χ2v) is 8.83. The Labute approximate surface area is 133 Å². The van der Waals surface area contributed by atoms with Gasteiger partial charge in [-0.05, 0) is 30.3 Å². The minimum atomic E-state index is -3.54. The molecule has 0 saturated carbocycles. The Hall–Kier alpha value is -0.470. The topological polar surface area (TPSA) is 66.5 Å². The monoisotopic (exact) mass is 350 g/mol. The zero-order valence-corrected chi connectivity index (χ0v) is 14.2. The van der Waals surface area contributed by atoms with Crippen molar-refractivity contribution in [2.24, 2.45) is 0 Å². The van der Waals surface area contributed by atoms with E-state index in [1.807, 2.05) is 6.92 Å². The molecular weight excluding hydrogens is 332 g/mol. The normalized spacial score (nSPS) is 18.0. The molecule has 1 fully saturated rings. The first-order chi connectivity index (χ1) is 9.95. The maximum Gasteiger partial charge on any atom is 0.243 e. The lowest BCUT2D eigenvalue weighted by Gasteiger charge is -2.25. The molecule has 1 aromatic carbocycles. The number of halogens is 1. The molecule has 1 aliphatic rings. The van der Waals surface area contributed by atoms with Gasteiger partial charge >= 0.3 is 0 Å². The summed E-state index contributed by atoms with van der Waals surface area (Å²) in [6.45, 7) is 3.90. The molecule has 0 amide bonds. The van der Waals surface area contributed by atoms with Crippen molar-refractivity contribution in [1.82, 2.24) is 9.62 Å². The van der Waals surface area contributed by atoms with E-state index in [-0.39, 0.29) is 4.90 Å². The van der Waals surface area contributed by atoms with Crippen molar-refractivity contribution in [2.75, 3.05) is 31.1 Å². The van der Waals surface area contributed by atoms with Gasteiger partial charge < -0.3 is 5.32 Å². The van der Waals surface area contributed by atoms with Crippen LogP contribution in [0.3, 0.4) is 0 Å². The Morgan fingerprint density at radius 3 is 2.62 bits per heavy atom. The molecule has 118 valence electrons. The van der Waals surface area contributed by atoms with Crippen molar-refractivity contribution < 1.29 is 12.6 Å². The fraction of sp³-hybridized carbons (Fsp3) is 0.538. The summed E-state index contributed by atoms with van der Waals surface area (Å²) in [7, 11) is -4.44. The summed E-state index contributed by atoms with van der Waals surface area (Å²) >= 11 is 6.10. The molecule has 0 aliphatic carbocycles. The molecule has 1 saturated heterocycles. The molecule has 0 aromatic heterocycles. The number of hydrogen-bond donors (Lipinski definition) is 1. The molecule has 1 aliphatic heterocycles. The van der Waals surface area contributed by atoms with Crippen LogP contribution < -0.4 is 5.32 Å². The summed E-state index contributed by atoms with van der Waals surface area (Å²) in [5.74, 6) is 0.800.